The highest BCUT2D eigenvalue weighted by Crippen LogP contribution is 2.22. The van der Waals surface area contributed by atoms with Crippen molar-refractivity contribution in [1.82, 2.24) is 5.32 Å². The number of hydrogen-bond donors (Lipinski definition) is 2. The molecule has 0 saturated heterocycles. The topological polar surface area (TPSA) is 75.6 Å². The van der Waals surface area contributed by atoms with Crippen molar-refractivity contribution in [2.45, 2.75) is 25.4 Å². The van der Waals surface area contributed by atoms with Gasteiger partial charge in [0.2, 0.25) is 6.10 Å². The zero-order valence-corrected chi connectivity index (χ0v) is 13.4. The van der Waals surface area contributed by atoms with E-state index in [0.717, 1.165) is 5.56 Å². The van der Waals surface area contributed by atoms with Crippen molar-refractivity contribution in [1.29, 1.82) is 0 Å². The lowest BCUT2D eigenvalue weighted by Gasteiger charge is -2.19. The SMILES string of the molecule is O=C(O)CCCCNC(=O)C(Oc1ccccc1)c1ccccc1. The highest BCUT2D eigenvalue weighted by molar-refractivity contribution is 5.82. The Morgan fingerprint density at radius 2 is 1.58 bits per heavy atom. The third-order valence-electron chi connectivity index (χ3n) is 3.45. The van der Waals surface area contributed by atoms with Crippen molar-refractivity contribution in [2.24, 2.45) is 0 Å². The predicted molar refractivity (Wildman–Crippen MR) is 90.7 cm³/mol. The molecule has 2 aromatic carbocycles. The molecule has 2 N–H and O–H groups in total. The van der Waals surface area contributed by atoms with Crippen LogP contribution in [0.1, 0.15) is 30.9 Å². The van der Waals surface area contributed by atoms with E-state index in [1.54, 1.807) is 12.1 Å². The third-order valence-corrected chi connectivity index (χ3v) is 3.45. The summed E-state index contributed by atoms with van der Waals surface area (Å²) in [4.78, 5) is 23.0. The van der Waals surface area contributed by atoms with Gasteiger partial charge in [-0.1, -0.05) is 48.5 Å². The van der Waals surface area contributed by atoms with Crippen LogP contribution in [0.5, 0.6) is 5.75 Å². The van der Waals surface area contributed by atoms with E-state index in [4.69, 9.17) is 9.84 Å². The maximum atomic E-state index is 12.5. The molecule has 2 aromatic rings. The van der Waals surface area contributed by atoms with Crippen LogP contribution in [0.3, 0.4) is 0 Å². The van der Waals surface area contributed by atoms with Crippen LogP contribution in [0.15, 0.2) is 60.7 Å². The standard InChI is InChI=1S/C19H21NO4/c21-17(22)13-7-8-14-20-19(23)18(15-9-3-1-4-10-15)24-16-11-5-2-6-12-16/h1-6,9-12,18H,7-8,13-14H2,(H,20,23)(H,21,22). The number of rotatable bonds is 9. The van der Waals surface area contributed by atoms with E-state index in [1.165, 1.54) is 0 Å². The molecule has 0 aliphatic carbocycles. The first-order valence-corrected chi connectivity index (χ1v) is 7.93. The second-order valence-electron chi connectivity index (χ2n) is 5.36. The van der Waals surface area contributed by atoms with Crippen LogP contribution in [0.2, 0.25) is 0 Å². The summed E-state index contributed by atoms with van der Waals surface area (Å²) in [6.45, 7) is 0.424. The molecule has 5 heteroatoms. The lowest BCUT2D eigenvalue weighted by molar-refractivity contribution is -0.137. The fourth-order valence-electron chi connectivity index (χ4n) is 2.24. The van der Waals surface area contributed by atoms with Crippen molar-refractivity contribution < 1.29 is 19.4 Å². The summed E-state index contributed by atoms with van der Waals surface area (Å²) in [6, 6.07) is 18.5. The zero-order valence-electron chi connectivity index (χ0n) is 13.4. The zero-order chi connectivity index (χ0) is 17.2. The number of nitrogens with one attached hydrogen (secondary N) is 1. The number of carbonyl (C=O) groups excluding carboxylic acids is 1. The molecule has 2 rings (SSSR count). The summed E-state index contributed by atoms with van der Waals surface area (Å²) in [5.41, 5.74) is 0.768. The second-order valence-corrected chi connectivity index (χ2v) is 5.36. The Morgan fingerprint density at radius 3 is 2.21 bits per heavy atom. The number of aliphatic carboxylic acids is 1. The Morgan fingerprint density at radius 1 is 0.958 bits per heavy atom. The smallest absolute Gasteiger partial charge is 0.303 e. The number of benzene rings is 2. The van der Waals surface area contributed by atoms with Crippen LogP contribution in [-0.2, 0) is 9.59 Å². The minimum atomic E-state index is -0.823. The average molecular weight is 327 g/mol. The largest absolute Gasteiger partial charge is 0.481 e. The number of ether oxygens (including phenoxy) is 1. The lowest BCUT2D eigenvalue weighted by atomic mass is 10.1. The second kappa shape index (κ2) is 9.35. The molecule has 126 valence electrons. The Kier molecular flexibility index (Phi) is 6.83. The van der Waals surface area contributed by atoms with Crippen molar-refractivity contribution >= 4 is 11.9 Å². The summed E-state index contributed by atoms with van der Waals surface area (Å²) >= 11 is 0. The summed E-state index contributed by atoms with van der Waals surface area (Å²) in [5, 5.41) is 11.4. The van der Waals surface area contributed by atoms with Crippen LogP contribution < -0.4 is 10.1 Å². The van der Waals surface area contributed by atoms with Gasteiger partial charge in [-0.05, 0) is 25.0 Å². The first-order valence-electron chi connectivity index (χ1n) is 7.93. The molecular formula is C19H21NO4. The molecule has 0 spiro atoms. The van der Waals surface area contributed by atoms with Gasteiger partial charge in [-0.25, -0.2) is 0 Å². The van der Waals surface area contributed by atoms with Crippen molar-refractivity contribution in [3.8, 4) is 5.75 Å². The number of carboxylic acids is 1. The number of carboxylic acid groups (broad SMARTS) is 1. The monoisotopic (exact) mass is 327 g/mol. The average Bonchev–Trinajstić information content (AvgIpc) is 2.60. The number of hydrogen-bond acceptors (Lipinski definition) is 3. The van der Waals surface area contributed by atoms with Gasteiger partial charge in [0.05, 0.1) is 0 Å². The van der Waals surface area contributed by atoms with Gasteiger partial charge in [0.15, 0.2) is 0 Å². The van der Waals surface area contributed by atoms with E-state index in [9.17, 15) is 9.59 Å². The highest BCUT2D eigenvalue weighted by atomic mass is 16.5. The number of carbonyl (C=O) groups is 2. The third kappa shape index (κ3) is 5.76. The number of para-hydroxylation sites is 1. The van der Waals surface area contributed by atoms with Crippen LogP contribution in [0, 0.1) is 0 Å². The Labute approximate surface area is 141 Å². The molecule has 0 heterocycles. The summed E-state index contributed by atoms with van der Waals surface area (Å²) in [6.07, 6.45) is 0.516. The molecule has 0 aliphatic rings. The fraction of sp³-hybridized carbons (Fsp3) is 0.263. The Hall–Kier alpha value is -2.82. The molecule has 5 nitrogen and oxygen atoms in total. The molecule has 1 atom stereocenters. The van der Waals surface area contributed by atoms with Crippen LogP contribution in [-0.4, -0.2) is 23.5 Å². The quantitative estimate of drug-likeness (QED) is 0.694. The van der Waals surface area contributed by atoms with Gasteiger partial charge in [-0.2, -0.15) is 0 Å². The normalized spacial score (nSPS) is 11.5. The maximum Gasteiger partial charge on any atom is 0.303 e. The minimum Gasteiger partial charge on any atom is -0.481 e. The van der Waals surface area contributed by atoms with Gasteiger partial charge in [-0.3, -0.25) is 9.59 Å². The summed E-state index contributed by atoms with van der Waals surface area (Å²) in [5.74, 6) is -0.441. The summed E-state index contributed by atoms with van der Waals surface area (Å²) < 4.78 is 5.85. The van der Waals surface area contributed by atoms with E-state index in [-0.39, 0.29) is 12.3 Å². The number of unbranched alkanes of at least 4 members (excludes halogenated alkanes) is 1. The van der Waals surface area contributed by atoms with E-state index in [1.807, 2.05) is 48.5 Å². The van der Waals surface area contributed by atoms with Crippen molar-refractivity contribution in [3.63, 3.8) is 0 Å². The molecule has 0 aliphatic heterocycles. The van der Waals surface area contributed by atoms with E-state index in [0.29, 0.717) is 25.1 Å². The van der Waals surface area contributed by atoms with E-state index < -0.39 is 12.1 Å². The van der Waals surface area contributed by atoms with Gasteiger partial charge in [0.25, 0.3) is 5.91 Å². The van der Waals surface area contributed by atoms with Gasteiger partial charge in [-0.15, -0.1) is 0 Å². The van der Waals surface area contributed by atoms with Crippen molar-refractivity contribution in [3.05, 3.63) is 66.2 Å². The molecule has 0 radical (unpaired) electrons. The lowest BCUT2D eigenvalue weighted by Crippen LogP contribution is -2.33. The molecule has 1 unspecified atom stereocenters. The Balaban J connectivity index is 1.97. The molecule has 0 saturated carbocycles. The van der Waals surface area contributed by atoms with Crippen LogP contribution in [0.4, 0.5) is 0 Å². The van der Waals surface area contributed by atoms with E-state index in [2.05, 4.69) is 5.32 Å². The van der Waals surface area contributed by atoms with Gasteiger partial charge in [0.1, 0.15) is 5.75 Å². The van der Waals surface area contributed by atoms with Crippen LogP contribution >= 0.6 is 0 Å². The van der Waals surface area contributed by atoms with E-state index >= 15 is 0 Å². The molecule has 0 aromatic heterocycles. The van der Waals surface area contributed by atoms with Gasteiger partial charge < -0.3 is 15.2 Å². The first-order chi connectivity index (χ1) is 11.7. The molecule has 24 heavy (non-hydrogen) atoms. The summed E-state index contributed by atoms with van der Waals surface area (Å²) in [7, 11) is 0. The molecular weight excluding hydrogens is 306 g/mol. The van der Waals surface area contributed by atoms with Crippen molar-refractivity contribution in [2.75, 3.05) is 6.54 Å². The van der Waals surface area contributed by atoms with Gasteiger partial charge in [0, 0.05) is 18.5 Å². The fourth-order valence-corrected chi connectivity index (χ4v) is 2.24. The first kappa shape index (κ1) is 17.5. The molecule has 0 bridgehead atoms. The Bertz CT molecular complexity index is 643. The van der Waals surface area contributed by atoms with Gasteiger partial charge >= 0.3 is 5.97 Å². The molecule has 0 fully saturated rings. The highest BCUT2D eigenvalue weighted by Gasteiger charge is 2.22. The predicted octanol–water partition coefficient (Wildman–Crippen LogP) is 3.18. The molecule has 1 amide bonds. The number of amides is 1. The minimum absolute atomic E-state index is 0.110. The van der Waals surface area contributed by atoms with Crippen LogP contribution in [0.25, 0.3) is 0 Å². The maximum absolute atomic E-state index is 12.5.